The lowest BCUT2D eigenvalue weighted by Crippen LogP contribution is -2.31. The Balaban J connectivity index is 1.53. The Hall–Kier alpha value is -0.870. The second-order valence-corrected chi connectivity index (χ2v) is 5.67. The Kier molecular flexibility index (Phi) is 3.66. The first-order chi connectivity index (χ1) is 8.83. The first-order valence-corrected chi connectivity index (χ1v) is 7.24. The Morgan fingerprint density at radius 1 is 1.22 bits per heavy atom. The van der Waals surface area contributed by atoms with Crippen molar-refractivity contribution in [2.45, 2.75) is 69.7 Å². The Morgan fingerprint density at radius 2 is 2.06 bits per heavy atom. The summed E-state index contributed by atoms with van der Waals surface area (Å²) in [4.78, 5) is 0. The van der Waals surface area contributed by atoms with E-state index in [0.717, 1.165) is 18.5 Å². The molecule has 100 valence electrons. The van der Waals surface area contributed by atoms with Gasteiger partial charge in [0.15, 0.2) is 0 Å². The van der Waals surface area contributed by atoms with Gasteiger partial charge in [-0.3, -0.25) is 4.68 Å². The van der Waals surface area contributed by atoms with Crippen LogP contribution in [0.25, 0.3) is 0 Å². The van der Waals surface area contributed by atoms with Crippen molar-refractivity contribution < 1.29 is 4.74 Å². The summed E-state index contributed by atoms with van der Waals surface area (Å²) in [5.74, 6) is 0. The number of ether oxygens (including phenoxy) is 1. The number of hydrogen-bond donors (Lipinski definition) is 1. The van der Waals surface area contributed by atoms with Crippen molar-refractivity contribution in [3.63, 3.8) is 0 Å². The molecule has 1 heterocycles. The molecule has 0 spiro atoms. The molecule has 0 aliphatic heterocycles. The minimum atomic E-state index is 0.224. The molecular weight excluding hydrogens is 226 g/mol. The summed E-state index contributed by atoms with van der Waals surface area (Å²) in [5.41, 5.74) is 7.04. The van der Waals surface area contributed by atoms with E-state index in [-0.39, 0.29) is 12.1 Å². The van der Waals surface area contributed by atoms with Crippen molar-refractivity contribution in [3.8, 4) is 0 Å². The van der Waals surface area contributed by atoms with Gasteiger partial charge in [-0.2, -0.15) is 5.10 Å². The summed E-state index contributed by atoms with van der Waals surface area (Å²) in [7, 11) is 0. The molecule has 0 amide bonds. The van der Waals surface area contributed by atoms with E-state index in [4.69, 9.17) is 10.5 Å². The number of aromatic nitrogens is 2. The predicted molar refractivity (Wildman–Crippen MR) is 70.1 cm³/mol. The largest absolute Gasteiger partial charge is 0.370 e. The van der Waals surface area contributed by atoms with Crippen molar-refractivity contribution >= 4 is 0 Å². The molecular formula is C14H23N3O. The number of nitrogens with two attached hydrogens (primary N) is 1. The normalized spacial score (nSPS) is 29.2. The molecule has 0 bridgehead atoms. The zero-order chi connectivity index (χ0) is 12.4. The van der Waals surface area contributed by atoms with E-state index in [1.807, 2.05) is 0 Å². The van der Waals surface area contributed by atoms with Crippen molar-refractivity contribution in [2.24, 2.45) is 5.73 Å². The van der Waals surface area contributed by atoms with Crippen LogP contribution < -0.4 is 5.73 Å². The molecule has 0 saturated heterocycles. The summed E-state index contributed by atoms with van der Waals surface area (Å²) in [6.07, 6.45) is 11.0. The van der Waals surface area contributed by atoms with E-state index in [9.17, 15) is 0 Å². The zero-order valence-corrected chi connectivity index (χ0v) is 10.9. The standard InChI is InChI=1S/C14H23N3O/c15-13-6-3-7-14(13)18-10-11-8-9-17(16-11)12-4-1-2-5-12/h8-9,12-14H,1-7,10,15H2. The quantitative estimate of drug-likeness (QED) is 0.891. The van der Waals surface area contributed by atoms with Crippen molar-refractivity contribution in [1.29, 1.82) is 0 Å². The number of rotatable bonds is 4. The monoisotopic (exact) mass is 249 g/mol. The van der Waals surface area contributed by atoms with Gasteiger partial charge in [0.1, 0.15) is 0 Å². The van der Waals surface area contributed by atoms with E-state index in [1.165, 1.54) is 32.1 Å². The van der Waals surface area contributed by atoms with Gasteiger partial charge in [-0.15, -0.1) is 0 Å². The molecule has 2 atom stereocenters. The average molecular weight is 249 g/mol. The minimum absolute atomic E-state index is 0.224. The Labute approximate surface area is 108 Å². The zero-order valence-electron chi connectivity index (χ0n) is 10.9. The molecule has 0 aromatic carbocycles. The molecule has 1 aromatic heterocycles. The highest BCUT2D eigenvalue weighted by atomic mass is 16.5. The van der Waals surface area contributed by atoms with Crippen LogP contribution in [-0.2, 0) is 11.3 Å². The van der Waals surface area contributed by atoms with Crippen LogP contribution in [0.15, 0.2) is 12.3 Å². The average Bonchev–Trinajstić information content (AvgIpc) is 3.08. The van der Waals surface area contributed by atoms with E-state index >= 15 is 0 Å². The smallest absolute Gasteiger partial charge is 0.0911 e. The topological polar surface area (TPSA) is 53.1 Å². The van der Waals surface area contributed by atoms with Gasteiger partial charge in [-0.05, 0) is 38.2 Å². The van der Waals surface area contributed by atoms with Gasteiger partial charge in [0.05, 0.1) is 24.4 Å². The maximum absolute atomic E-state index is 6.00. The minimum Gasteiger partial charge on any atom is -0.370 e. The lowest BCUT2D eigenvalue weighted by Gasteiger charge is -2.15. The van der Waals surface area contributed by atoms with E-state index in [1.54, 1.807) is 0 Å². The molecule has 18 heavy (non-hydrogen) atoms. The summed E-state index contributed by atoms with van der Waals surface area (Å²) >= 11 is 0. The predicted octanol–water partition coefficient (Wildman–Crippen LogP) is 2.39. The third kappa shape index (κ3) is 2.59. The second kappa shape index (κ2) is 5.41. The molecule has 2 aliphatic carbocycles. The maximum atomic E-state index is 6.00. The number of nitrogens with zero attached hydrogens (tertiary/aromatic N) is 2. The maximum Gasteiger partial charge on any atom is 0.0911 e. The summed E-state index contributed by atoms with van der Waals surface area (Å²) < 4.78 is 8.00. The van der Waals surface area contributed by atoms with Gasteiger partial charge in [0.25, 0.3) is 0 Å². The fraction of sp³-hybridized carbons (Fsp3) is 0.786. The van der Waals surface area contributed by atoms with Crippen molar-refractivity contribution in [3.05, 3.63) is 18.0 Å². The second-order valence-electron chi connectivity index (χ2n) is 5.67. The molecule has 2 saturated carbocycles. The third-order valence-corrected chi connectivity index (χ3v) is 4.31. The molecule has 2 aliphatic rings. The third-order valence-electron chi connectivity index (χ3n) is 4.31. The van der Waals surface area contributed by atoms with E-state index in [2.05, 4.69) is 22.0 Å². The lowest BCUT2D eigenvalue weighted by atomic mass is 10.2. The molecule has 4 nitrogen and oxygen atoms in total. The first-order valence-electron chi connectivity index (χ1n) is 7.24. The van der Waals surface area contributed by atoms with E-state index in [0.29, 0.717) is 12.6 Å². The first kappa shape index (κ1) is 12.2. The van der Waals surface area contributed by atoms with Gasteiger partial charge in [-0.1, -0.05) is 12.8 Å². The fourth-order valence-electron chi connectivity index (χ4n) is 3.18. The van der Waals surface area contributed by atoms with Crippen LogP contribution in [0, 0.1) is 0 Å². The molecule has 3 rings (SSSR count). The van der Waals surface area contributed by atoms with Crippen molar-refractivity contribution in [1.82, 2.24) is 9.78 Å². The molecule has 2 N–H and O–H groups in total. The van der Waals surface area contributed by atoms with Crippen LogP contribution in [0.5, 0.6) is 0 Å². The Morgan fingerprint density at radius 3 is 2.78 bits per heavy atom. The fourth-order valence-corrected chi connectivity index (χ4v) is 3.18. The summed E-state index contributed by atoms with van der Waals surface area (Å²) in [6.45, 7) is 0.609. The van der Waals surface area contributed by atoms with E-state index < -0.39 is 0 Å². The highest BCUT2D eigenvalue weighted by molar-refractivity contribution is 4.99. The van der Waals surface area contributed by atoms with Crippen LogP contribution >= 0.6 is 0 Å². The molecule has 4 heteroatoms. The SMILES string of the molecule is NC1CCCC1OCc1ccn(C2CCCC2)n1. The van der Waals surface area contributed by atoms with Gasteiger partial charge < -0.3 is 10.5 Å². The van der Waals surface area contributed by atoms with Crippen LogP contribution in [0.1, 0.15) is 56.7 Å². The summed E-state index contributed by atoms with van der Waals surface area (Å²) in [5, 5.41) is 4.63. The summed E-state index contributed by atoms with van der Waals surface area (Å²) in [6, 6.07) is 2.92. The van der Waals surface area contributed by atoms with Gasteiger partial charge >= 0.3 is 0 Å². The molecule has 2 unspecified atom stereocenters. The molecule has 0 radical (unpaired) electrons. The van der Waals surface area contributed by atoms with Gasteiger partial charge in [-0.25, -0.2) is 0 Å². The van der Waals surface area contributed by atoms with Crippen LogP contribution in [-0.4, -0.2) is 21.9 Å². The van der Waals surface area contributed by atoms with Crippen molar-refractivity contribution in [2.75, 3.05) is 0 Å². The highest BCUT2D eigenvalue weighted by Gasteiger charge is 2.24. The highest BCUT2D eigenvalue weighted by Crippen LogP contribution is 2.29. The lowest BCUT2D eigenvalue weighted by molar-refractivity contribution is 0.0335. The molecule has 1 aromatic rings. The van der Waals surface area contributed by atoms with Crippen LogP contribution in [0.4, 0.5) is 0 Å². The number of hydrogen-bond acceptors (Lipinski definition) is 3. The van der Waals surface area contributed by atoms with Gasteiger partial charge in [0.2, 0.25) is 0 Å². The van der Waals surface area contributed by atoms with Crippen LogP contribution in [0.3, 0.4) is 0 Å². The van der Waals surface area contributed by atoms with Gasteiger partial charge in [0, 0.05) is 12.2 Å². The van der Waals surface area contributed by atoms with Crippen LogP contribution in [0.2, 0.25) is 0 Å². The Bertz CT molecular complexity index is 384. The molecule has 2 fully saturated rings.